The van der Waals surface area contributed by atoms with Gasteiger partial charge in [0.25, 0.3) is 0 Å². The van der Waals surface area contributed by atoms with Crippen molar-refractivity contribution >= 4 is 0 Å². The van der Waals surface area contributed by atoms with Gasteiger partial charge in [0, 0.05) is 17.8 Å². The molecule has 3 nitrogen and oxygen atoms in total. The number of rotatable bonds is 5. The van der Waals surface area contributed by atoms with Crippen LogP contribution in [0.25, 0.3) is 0 Å². The van der Waals surface area contributed by atoms with Crippen molar-refractivity contribution in [1.29, 1.82) is 0 Å². The molecule has 0 spiro atoms. The molecule has 3 heteroatoms. The van der Waals surface area contributed by atoms with Crippen LogP contribution in [0.5, 0.6) is 0 Å². The number of nitrogens with one attached hydrogen (secondary N) is 1. The molecule has 0 radical (unpaired) electrons. The molecule has 0 saturated carbocycles. The second-order valence-electron chi connectivity index (χ2n) is 5.42. The Morgan fingerprint density at radius 2 is 2.17 bits per heavy atom. The van der Waals surface area contributed by atoms with E-state index in [-0.39, 0.29) is 0 Å². The Balaban J connectivity index is 2.15. The highest BCUT2D eigenvalue weighted by atomic mass is 14.9. The van der Waals surface area contributed by atoms with Gasteiger partial charge in [0.2, 0.25) is 0 Å². The second-order valence-corrected chi connectivity index (χ2v) is 5.42. The first-order chi connectivity index (χ1) is 8.74. The van der Waals surface area contributed by atoms with Gasteiger partial charge in [-0.3, -0.25) is 0 Å². The molecule has 0 amide bonds. The summed E-state index contributed by atoms with van der Waals surface area (Å²) in [6.07, 6.45) is 6.98. The van der Waals surface area contributed by atoms with Crippen molar-refractivity contribution in [2.45, 2.75) is 52.4 Å². The van der Waals surface area contributed by atoms with Gasteiger partial charge in [-0.1, -0.05) is 13.3 Å². The summed E-state index contributed by atoms with van der Waals surface area (Å²) in [6.45, 7) is 5.47. The molecule has 2 rings (SSSR count). The SMILES string of the molecule is CCCCc1nc(C)c2c(n1)CCC(CNC)C2. The van der Waals surface area contributed by atoms with E-state index in [4.69, 9.17) is 4.98 Å². The zero-order valence-electron chi connectivity index (χ0n) is 11.9. The van der Waals surface area contributed by atoms with E-state index in [1.807, 2.05) is 7.05 Å². The zero-order chi connectivity index (χ0) is 13.0. The van der Waals surface area contributed by atoms with Gasteiger partial charge in [0.1, 0.15) is 5.82 Å². The van der Waals surface area contributed by atoms with Crippen LogP contribution in [0.2, 0.25) is 0 Å². The van der Waals surface area contributed by atoms with E-state index >= 15 is 0 Å². The van der Waals surface area contributed by atoms with Crippen molar-refractivity contribution in [3.8, 4) is 0 Å². The lowest BCUT2D eigenvalue weighted by Gasteiger charge is -2.25. The largest absolute Gasteiger partial charge is 0.319 e. The monoisotopic (exact) mass is 247 g/mol. The summed E-state index contributed by atoms with van der Waals surface area (Å²) in [5, 5.41) is 3.29. The van der Waals surface area contributed by atoms with Crippen LogP contribution < -0.4 is 5.32 Å². The molecule has 1 heterocycles. The summed E-state index contributed by atoms with van der Waals surface area (Å²) < 4.78 is 0. The summed E-state index contributed by atoms with van der Waals surface area (Å²) in [5.74, 6) is 1.81. The van der Waals surface area contributed by atoms with E-state index in [1.165, 1.54) is 36.2 Å². The van der Waals surface area contributed by atoms with Crippen LogP contribution in [-0.4, -0.2) is 23.6 Å². The summed E-state index contributed by atoms with van der Waals surface area (Å²) >= 11 is 0. The molecule has 100 valence electrons. The van der Waals surface area contributed by atoms with Crippen molar-refractivity contribution in [3.05, 3.63) is 22.8 Å². The van der Waals surface area contributed by atoms with Crippen LogP contribution >= 0.6 is 0 Å². The third kappa shape index (κ3) is 3.08. The Kier molecular flexibility index (Phi) is 4.70. The molecule has 0 bridgehead atoms. The quantitative estimate of drug-likeness (QED) is 0.868. The van der Waals surface area contributed by atoms with Gasteiger partial charge in [-0.05, 0) is 57.7 Å². The lowest BCUT2D eigenvalue weighted by Crippen LogP contribution is -2.26. The minimum atomic E-state index is 0.756. The number of fused-ring (bicyclic) bond motifs is 1. The van der Waals surface area contributed by atoms with Crippen LogP contribution in [0.3, 0.4) is 0 Å². The van der Waals surface area contributed by atoms with Crippen molar-refractivity contribution in [3.63, 3.8) is 0 Å². The number of aromatic nitrogens is 2. The molecule has 0 saturated heterocycles. The average molecular weight is 247 g/mol. The third-order valence-corrected chi connectivity index (χ3v) is 3.87. The zero-order valence-corrected chi connectivity index (χ0v) is 11.9. The van der Waals surface area contributed by atoms with Gasteiger partial charge < -0.3 is 5.32 Å². The topological polar surface area (TPSA) is 37.8 Å². The standard InChI is InChI=1S/C15H25N3/c1-4-5-6-15-17-11(2)13-9-12(10-16-3)7-8-14(13)18-15/h12,16H,4-10H2,1-3H3. The van der Waals surface area contributed by atoms with Crippen molar-refractivity contribution in [1.82, 2.24) is 15.3 Å². The number of hydrogen-bond donors (Lipinski definition) is 1. The maximum atomic E-state index is 4.77. The Bertz CT molecular complexity index is 401. The predicted octanol–water partition coefficient (Wildman–Crippen LogP) is 2.45. The number of aryl methyl sites for hydroxylation is 3. The van der Waals surface area contributed by atoms with Crippen molar-refractivity contribution < 1.29 is 0 Å². The number of nitrogens with zero attached hydrogens (tertiary/aromatic N) is 2. The van der Waals surface area contributed by atoms with Crippen LogP contribution in [0.15, 0.2) is 0 Å². The Morgan fingerprint density at radius 1 is 1.33 bits per heavy atom. The summed E-state index contributed by atoms with van der Waals surface area (Å²) in [6, 6.07) is 0. The Labute approximate surface area is 110 Å². The van der Waals surface area contributed by atoms with E-state index in [9.17, 15) is 0 Å². The first kappa shape index (κ1) is 13.5. The smallest absolute Gasteiger partial charge is 0.128 e. The average Bonchev–Trinajstić information content (AvgIpc) is 2.37. The molecule has 1 atom stereocenters. The fourth-order valence-electron chi connectivity index (χ4n) is 2.83. The molecule has 1 aliphatic rings. The highest BCUT2D eigenvalue weighted by Gasteiger charge is 2.21. The van der Waals surface area contributed by atoms with E-state index in [1.54, 1.807) is 0 Å². The van der Waals surface area contributed by atoms with Gasteiger partial charge >= 0.3 is 0 Å². The van der Waals surface area contributed by atoms with Crippen LogP contribution in [0.1, 0.15) is 49.0 Å². The minimum absolute atomic E-state index is 0.756. The molecule has 18 heavy (non-hydrogen) atoms. The van der Waals surface area contributed by atoms with Gasteiger partial charge in [-0.2, -0.15) is 0 Å². The van der Waals surface area contributed by atoms with Crippen LogP contribution in [0, 0.1) is 12.8 Å². The number of hydrogen-bond acceptors (Lipinski definition) is 3. The number of unbranched alkanes of at least 4 members (excludes halogenated alkanes) is 1. The highest BCUT2D eigenvalue weighted by Crippen LogP contribution is 2.26. The van der Waals surface area contributed by atoms with Crippen molar-refractivity contribution in [2.24, 2.45) is 5.92 Å². The van der Waals surface area contributed by atoms with Crippen molar-refractivity contribution in [2.75, 3.05) is 13.6 Å². The van der Waals surface area contributed by atoms with E-state index < -0.39 is 0 Å². The summed E-state index contributed by atoms with van der Waals surface area (Å²) in [4.78, 5) is 9.46. The Morgan fingerprint density at radius 3 is 2.89 bits per heavy atom. The van der Waals surface area contributed by atoms with Crippen LogP contribution in [-0.2, 0) is 19.3 Å². The molecular weight excluding hydrogens is 222 g/mol. The summed E-state index contributed by atoms with van der Waals surface area (Å²) in [7, 11) is 2.03. The molecule has 1 unspecified atom stereocenters. The molecular formula is C15H25N3. The molecule has 1 aliphatic carbocycles. The normalized spacial score (nSPS) is 18.7. The van der Waals surface area contributed by atoms with E-state index in [0.717, 1.165) is 37.5 Å². The van der Waals surface area contributed by atoms with E-state index in [2.05, 4.69) is 24.1 Å². The van der Waals surface area contributed by atoms with Gasteiger partial charge in [0.15, 0.2) is 0 Å². The second kappa shape index (κ2) is 6.28. The van der Waals surface area contributed by atoms with E-state index in [0.29, 0.717) is 0 Å². The van der Waals surface area contributed by atoms with Gasteiger partial charge in [-0.25, -0.2) is 9.97 Å². The lowest BCUT2D eigenvalue weighted by atomic mass is 9.85. The maximum absolute atomic E-state index is 4.77. The van der Waals surface area contributed by atoms with Gasteiger partial charge in [0.05, 0.1) is 0 Å². The molecule has 1 aromatic rings. The fourth-order valence-corrected chi connectivity index (χ4v) is 2.83. The molecule has 0 fully saturated rings. The first-order valence-electron chi connectivity index (χ1n) is 7.24. The Hall–Kier alpha value is -0.960. The third-order valence-electron chi connectivity index (χ3n) is 3.87. The molecule has 1 aromatic heterocycles. The summed E-state index contributed by atoms with van der Waals surface area (Å²) in [5.41, 5.74) is 3.95. The maximum Gasteiger partial charge on any atom is 0.128 e. The molecule has 0 aliphatic heterocycles. The molecule has 1 N–H and O–H groups in total. The van der Waals surface area contributed by atoms with Crippen LogP contribution in [0.4, 0.5) is 0 Å². The molecule has 0 aromatic carbocycles. The lowest BCUT2D eigenvalue weighted by molar-refractivity contribution is 0.431. The minimum Gasteiger partial charge on any atom is -0.319 e. The highest BCUT2D eigenvalue weighted by molar-refractivity contribution is 5.28. The predicted molar refractivity (Wildman–Crippen MR) is 74.8 cm³/mol. The fraction of sp³-hybridized carbons (Fsp3) is 0.733. The van der Waals surface area contributed by atoms with Gasteiger partial charge in [-0.15, -0.1) is 0 Å². The first-order valence-corrected chi connectivity index (χ1v) is 7.24.